The average molecular weight is 325 g/mol. The van der Waals surface area contributed by atoms with E-state index in [4.69, 9.17) is 11.5 Å². The van der Waals surface area contributed by atoms with Crippen molar-refractivity contribution >= 4 is 11.7 Å². The highest BCUT2D eigenvalue weighted by molar-refractivity contribution is 5.80. The molecule has 1 aromatic carbocycles. The van der Waals surface area contributed by atoms with Gasteiger partial charge in [-0.15, -0.1) is 0 Å². The third-order valence-corrected chi connectivity index (χ3v) is 5.04. The van der Waals surface area contributed by atoms with E-state index in [0.717, 1.165) is 25.3 Å². The molecule has 1 aliphatic heterocycles. The SMILES string of the molecule is NC(=O)C1[C@H]2CN(Cc3ccc(-n4ccc(N)nc4=O)cc3)C[C@@H]12. The molecule has 2 fully saturated rings. The first-order valence-corrected chi connectivity index (χ1v) is 7.99. The summed E-state index contributed by atoms with van der Waals surface area (Å²) in [5.41, 5.74) is 12.4. The number of aromatic nitrogens is 2. The Bertz CT molecular complexity index is 833. The zero-order valence-electron chi connectivity index (χ0n) is 13.1. The molecule has 1 unspecified atom stereocenters. The van der Waals surface area contributed by atoms with Gasteiger partial charge in [0.05, 0.1) is 5.69 Å². The van der Waals surface area contributed by atoms with Crippen molar-refractivity contribution in [1.29, 1.82) is 0 Å². The third-order valence-electron chi connectivity index (χ3n) is 5.04. The van der Waals surface area contributed by atoms with Gasteiger partial charge in [0.15, 0.2) is 0 Å². The van der Waals surface area contributed by atoms with Crippen LogP contribution in [0.4, 0.5) is 5.82 Å². The van der Waals surface area contributed by atoms with Crippen LogP contribution in [0, 0.1) is 17.8 Å². The standard InChI is InChI=1S/C17H19N5O2/c18-14-5-6-22(17(24)20-14)11-3-1-10(2-4-11)7-21-8-12-13(9-21)15(12)16(19)23/h1-6,12-13,15H,7-9H2,(H2,19,23)(H2,18,20,24)/t12-,13+,15?. The maximum absolute atomic E-state index is 11.9. The summed E-state index contributed by atoms with van der Waals surface area (Å²) in [5.74, 6) is 1.04. The van der Waals surface area contributed by atoms with Crippen molar-refractivity contribution in [3.63, 3.8) is 0 Å². The Morgan fingerprint density at radius 2 is 1.83 bits per heavy atom. The molecule has 4 rings (SSSR count). The summed E-state index contributed by atoms with van der Waals surface area (Å²) in [6, 6.07) is 9.41. The van der Waals surface area contributed by atoms with Gasteiger partial charge in [0.1, 0.15) is 5.82 Å². The number of fused-ring (bicyclic) bond motifs is 1. The lowest BCUT2D eigenvalue weighted by atomic mass is 10.1. The van der Waals surface area contributed by atoms with Gasteiger partial charge in [-0.2, -0.15) is 4.98 Å². The number of amides is 1. The number of piperidine rings is 1. The average Bonchev–Trinajstić information content (AvgIpc) is 3.06. The maximum Gasteiger partial charge on any atom is 0.354 e. The molecule has 0 spiro atoms. The van der Waals surface area contributed by atoms with Gasteiger partial charge in [-0.25, -0.2) is 4.79 Å². The zero-order chi connectivity index (χ0) is 16.8. The van der Waals surface area contributed by atoms with Crippen LogP contribution < -0.4 is 17.2 Å². The Kier molecular flexibility index (Phi) is 3.38. The minimum Gasteiger partial charge on any atom is -0.383 e. The maximum atomic E-state index is 11.9. The number of primary amides is 1. The molecule has 7 nitrogen and oxygen atoms in total. The molecular weight excluding hydrogens is 306 g/mol. The quantitative estimate of drug-likeness (QED) is 0.821. The number of nitrogens with two attached hydrogens (primary N) is 2. The minimum atomic E-state index is -0.389. The number of rotatable bonds is 4. The molecule has 2 aromatic rings. The second-order valence-electron chi connectivity index (χ2n) is 6.62. The van der Waals surface area contributed by atoms with Crippen LogP contribution in [-0.4, -0.2) is 33.4 Å². The van der Waals surface area contributed by atoms with Crippen molar-refractivity contribution in [2.75, 3.05) is 18.8 Å². The van der Waals surface area contributed by atoms with Gasteiger partial charge in [0, 0.05) is 31.7 Å². The lowest BCUT2D eigenvalue weighted by molar-refractivity contribution is -0.120. The fraction of sp³-hybridized carbons (Fsp3) is 0.353. The number of hydrogen-bond donors (Lipinski definition) is 2. The van der Waals surface area contributed by atoms with Crippen molar-refractivity contribution in [3.8, 4) is 5.69 Å². The van der Waals surface area contributed by atoms with Gasteiger partial charge in [0.2, 0.25) is 5.91 Å². The highest BCUT2D eigenvalue weighted by Crippen LogP contribution is 2.51. The van der Waals surface area contributed by atoms with Crippen molar-refractivity contribution in [2.45, 2.75) is 6.54 Å². The normalized spacial score (nSPS) is 25.4. The van der Waals surface area contributed by atoms with Gasteiger partial charge in [0.25, 0.3) is 0 Å². The van der Waals surface area contributed by atoms with E-state index in [0.29, 0.717) is 11.8 Å². The second-order valence-corrected chi connectivity index (χ2v) is 6.62. The van der Waals surface area contributed by atoms with Crippen molar-refractivity contribution in [3.05, 3.63) is 52.6 Å². The number of nitrogens with zero attached hydrogens (tertiary/aromatic N) is 3. The van der Waals surface area contributed by atoms with Gasteiger partial charge in [-0.1, -0.05) is 12.1 Å². The smallest absolute Gasteiger partial charge is 0.354 e. The minimum absolute atomic E-state index is 0.0912. The van der Waals surface area contributed by atoms with Crippen molar-refractivity contribution < 1.29 is 4.79 Å². The summed E-state index contributed by atoms with van der Waals surface area (Å²) in [6.45, 7) is 2.70. The summed E-state index contributed by atoms with van der Waals surface area (Å²) < 4.78 is 1.46. The fourth-order valence-corrected chi connectivity index (χ4v) is 3.80. The predicted molar refractivity (Wildman–Crippen MR) is 89.2 cm³/mol. The Labute approximate surface area is 138 Å². The van der Waals surface area contributed by atoms with E-state index in [9.17, 15) is 9.59 Å². The Morgan fingerprint density at radius 1 is 1.17 bits per heavy atom. The number of hydrogen-bond acceptors (Lipinski definition) is 5. The number of anilines is 1. The molecule has 124 valence electrons. The number of nitrogen functional groups attached to an aromatic ring is 1. The molecule has 0 bridgehead atoms. The topological polar surface area (TPSA) is 107 Å². The van der Waals surface area contributed by atoms with E-state index >= 15 is 0 Å². The van der Waals surface area contributed by atoms with Gasteiger partial charge in [-0.05, 0) is 35.6 Å². The summed E-state index contributed by atoms with van der Waals surface area (Å²) in [5, 5.41) is 0. The fourth-order valence-electron chi connectivity index (χ4n) is 3.80. The Hall–Kier alpha value is -2.67. The van der Waals surface area contributed by atoms with Crippen LogP contribution >= 0.6 is 0 Å². The lowest BCUT2D eigenvalue weighted by Gasteiger charge is -2.19. The molecule has 24 heavy (non-hydrogen) atoms. The lowest BCUT2D eigenvalue weighted by Crippen LogP contribution is -2.28. The third kappa shape index (κ3) is 2.56. The first-order chi connectivity index (χ1) is 11.5. The van der Waals surface area contributed by atoms with Gasteiger partial charge in [-0.3, -0.25) is 14.3 Å². The van der Waals surface area contributed by atoms with E-state index in [2.05, 4.69) is 9.88 Å². The van der Waals surface area contributed by atoms with Crippen LogP contribution in [-0.2, 0) is 11.3 Å². The van der Waals surface area contributed by atoms with E-state index in [1.54, 1.807) is 12.3 Å². The van der Waals surface area contributed by atoms with Crippen molar-refractivity contribution in [1.82, 2.24) is 14.5 Å². The summed E-state index contributed by atoms with van der Waals surface area (Å²) in [4.78, 5) is 29.2. The highest BCUT2D eigenvalue weighted by atomic mass is 16.1. The number of likely N-dealkylation sites (tertiary alicyclic amines) is 1. The molecule has 1 aromatic heterocycles. The molecule has 1 aliphatic carbocycles. The van der Waals surface area contributed by atoms with Crippen LogP contribution in [0.1, 0.15) is 5.56 Å². The van der Waals surface area contributed by atoms with Crippen LogP contribution in [0.2, 0.25) is 0 Å². The molecule has 1 saturated carbocycles. The number of benzene rings is 1. The molecular formula is C17H19N5O2. The molecule has 4 N–H and O–H groups in total. The molecule has 1 amide bonds. The number of carbonyl (C=O) groups excluding carboxylic acids is 1. The largest absolute Gasteiger partial charge is 0.383 e. The molecule has 3 atom stereocenters. The van der Waals surface area contributed by atoms with Crippen molar-refractivity contribution in [2.24, 2.45) is 23.5 Å². The highest BCUT2D eigenvalue weighted by Gasteiger charge is 2.58. The van der Waals surface area contributed by atoms with E-state index in [1.807, 2.05) is 24.3 Å². The molecule has 2 aliphatic rings. The first kappa shape index (κ1) is 14.9. The summed E-state index contributed by atoms with van der Waals surface area (Å²) >= 11 is 0. The van der Waals surface area contributed by atoms with Gasteiger partial charge >= 0.3 is 5.69 Å². The molecule has 0 radical (unpaired) electrons. The molecule has 2 heterocycles. The van der Waals surface area contributed by atoms with E-state index < -0.39 is 0 Å². The van der Waals surface area contributed by atoms with Crippen LogP contribution in [0.25, 0.3) is 5.69 Å². The van der Waals surface area contributed by atoms with Crippen LogP contribution in [0.3, 0.4) is 0 Å². The second kappa shape index (κ2) is 5.45. The van der Waals surface area contributed by atoms with E-state index in [1.165, 1.54) is 10.1 Å². The predicted octanol–water partition coefficient (Wildman–Crippen LogP) is -0.0222. The summed E-state index contributed by atoms with van der Waals surface area (Å²) in [7, 11) is 0. The number of carbonyl (C=O) groups is 1. The molecule has 1 saturated heterocycles. The Morgan fingerprint density at radius 3 is 2.42 bits per heavy atom. The first-order valence-electron chi connectivity index (χ1n) is 7.99. The van der Waals surface area contributed by atoms with Crippen LogP contribution in [0.5, 0.6) is 0 Å². The van der Waals surface area contributed by atoms with E-state index in [-0.39, 0.29) is 23.3 Å². The Balaban J connectivity index is 1.42. The molecule has 7 heteroatoms. The zero-order valence-corrected chi connectivity index (χ0v) is 13.1. The van der Waals surface area contributed by atoms with Gasteiger partial charge < -0.3 is 11.5 Å². The van der Waals surface area contributed by atoms with Crippen LogP contribution in [0.15, 0.2) is 41.3 Å². The monoisotopic (exact) mass is 325 g/mol. The summed E-state index contributed by atoms with van der Waals surface area (Å²) in [6.07, 6.45) is 1.62.